The van der Waals surface area contributed by atoms with Crippen LogP contribution in [0.3, 0.4) is 0 Å². The van der Waals surface area contributed by atoms with Crippen LogP contribution < -0.4 is 10.0 Å². The Labute approximate surface area is 165 Å². The van der Waals surface area contributed by atoms with Gasteiger partial charge in [-0.2, -0.15) is 4.31 Å². The number of amides is 1. The standard InChI is InChI=1S/C18H23N3O5S2/c1-4-21(28(25,26)15-8-6-5-7-9-15)13-18(22)20-17-12-16(11-10-14(17)2)27(23,24)19-3/h5-12,19H,4,13H2,1-3H3,(H,20,22). The molecule has 0 bridgehead atoms. The van der Waals surface area contributed by atoms with Gasteiger partial charge in [0, 0.05) is 12.2 Å². The summed E-state index contributed by atoms with van der Waals surface area (Å²) in [7, 11) is -6.19. The van der Waals surface area contributed by atoms with Gasteiger partial charge in [0.15, 0.2) is 0 Å². The minimum atomic E-state index is -3.82. The van der Waals surface area contributed by atoms with E-state index in [0.29, 0.717) is 11.3 Å². The minimum Gasteiger partial charge on any atom is -0.325 e. The second-order valence-electron chi connectivity index (χ2n) is 5.98. The van der Waals surface area contributed by atoms with E-state index in [9.17, 15) is 21.6 Å². The summed E-state index contributed by atoms with van der Waals surface area (Å²) >= 11 is 0. The van der Waals surface area contributed by atoms with E-state index in [0.717, 1.165) is 4.31 Å². The fourth-order valence-electron chi connectivity index (χ4n) is 2.48. The molecule has 2 N–H and O–H groups in total. The summed E-state index contributed by atoms with van der Waals surface area (Å²) in [4.78, 5) is 12.6. The van der Waals surface area contributed by atoms with Crippen LogP contribution in [0, 0.1) is 6.92 Å². The molecule has 0 spiro atoms. The van der Waals surface area contributed by atoms with Crippen LogP contribution >= 0.6 is 0 Å². The van der Waals surface area contributed by atoms with E-state index < -0.39 is 32.5 Å². The van der Waals surface area contributed by atoms with Gasteiger partial charge in [0.25, 0.3) is 0 Å². The summed E-state index contributed by atoms with van der Waals surface area (Å²) in [6.45, 7) is 3.07. The molecule has 2 aromatic rings. The average Bonchev–Trinajstić information content (AvgIpc) is 2.68. The Morgan fingerprint density at radius 2 is 1.64 bits per heavy atom. The van der Waals surface area contributed by atoms with Crippen LogP contribution in [0.15, 0.2) is 58.3 Å². The molecular formula is C18H23N3O5S2. The van der Waals surface area contributed by atoms with E-state index in [4.69, 9.17) is 0 Å². The van der Waals surface area contributed by atoms with E-state index in [2.05, 4.69) is 10.0 Å². The molecule has 152 valence electrons. The maximum Gasteiger partial charge on any atom is 0.243 e. The summed E-state index contributed by atoms with van der Waals surface area (Å²) in [5, 5.41) is 2.60. The van der Waals surface area contributed by atoms with Gasteiger partial charge < -0.3 is 5.32 Å². The quantitative estimate of drug-likeness (QED) is 0.666. The first kappa shape index (κ1) is 22.0. The number of likely N-dealkylation sites (N-methyl/N-ethyl adjacent to an activating group) is 1. The Balaban J connectivity index is 2.22. The molecule has 0 unspecified atom stereocenters. The number of nitrogens with one attached hydrogen (secondary N) is 2. The third-order valence-electron chi connectivity index (χ3n) is 4.12. The molecule has 2 aromatic carbocycles. The third kappa shape index (κ3) is 4.96. The van der Waals surface area contributed by atoms with Crippen molar-refractivity contribution >= 4 is 31.6 Å². The maximum absolute atomic E-state index is 12.7. The summed E-state index contributed by atoms with van der Waals surface area (Å²) in [6, 6.07) is 12.2. The van der Waals surface area contributed by atoms with E-state index in [-0.39, 0.29) is 16.3 Å². The summed E-state index contributed by atoms with van der Waals surface area (Å²) in [5.74, 6) is -0.566. The lowest BCUT2D eigenvalue weighted by Gasteiger charge is -2.20. The van der Waals surface area contributed by atoms with Crippen molar-refractivity contribution in [1.82, 2.24) is 9.03 Å². The molecule has 0 aromatic heterocycles. The molecule has 8 nitrogen and oxygen atoms in total. The molecule has 2 rings (SSSR count). The summed E-state index contributed by atoms with van der Waals surface area (Å²) < 4.78 is 52.6. The van der Waals surface area contributed by atoms with Gasteiger partial charge in [0.1, 0.15) is 0 Å². The van der Waals surface area contributed by atoms with Crippen LogP contribution in [0.4, 0.5) is 5.69 Å². The number of carbonyl (C=O) groups is 1. The normalized spacial score (nSPS) is 12.1. The lowest BCUT2D eigenvalue weighted by molar-refractivity contribution is -0.116. The zero-order chi connectivity index (χ0) is 20.9. The topological polar surface area (TPSA) is 113 Å². The van der Waals surface area contributed by atoms with E-state index >= 15 is 0 Å². The third-order valence-corrected chi connectivity index (χ3v) is 7.46. The lowest BCUT2D eigenvalue weighted by atomic mass is 10.2. The molecule has 1 amide bonds. The Morgan fingerprint density at radius 1 is 1.00 bits per heavy atom. The fourth-order valence-corrected chi connectivity index (χ4v) is 4.66. The smallest absolute Gasteiger partial charge is 0.243 e. The van der Waals surface area contributed by atoms with Gasteiger partial charge in [-0.1, -0.05) is 31.2 Å². The molecule has 0 radical (unpaired) electrons. The highest BCUT2D eigenvalue weighted by Crippen LogP contribution is 2.21. The Bertz CT molecular complexity index is 1050. The van der Waals surface area contributed by atoms with Gasteiger partial charge in [-0.25, -0.2) is 21.6 Å². The fraction of sp³-hybridized carbons (Fsp3) is 0.278. The van der Waals surface area contributed by atoms with Gasteiger partial charge in [0.05, 0.1) is 16.3 Å². The zero-order valence-electron chi connectivity index (χ0n) is 15.8. The van der Waals surface area contributed by atoms with Crippen molar-refractivity contribution in [2.24, 2.45) is 0 Å². The molecule has 0 aliphatic carbocycles. The van der Waals surface area contributed by atoms with Crippen molar-refractivity contribution in [1.29, 1.82) is 0 Å². The predicted molar refractivity (Wildman–Crippen MR) is 107 cm³/mol. The largest absolute Gasteiger partial charge is 0.325 e. The van der Waals surface area contributed by atoms with Gasteiger partial charge in [-0.3, -0.25) is 4.79 Å². The highest BCUT2D eigenvalue weighted by Gasteiger charge is 2.25. The number of aryl methyl sites for hydroxylation is 1. The number of carbonyl (C=O) groups excluding carboxylic acids is 1. The highest BCUT2D eigenvalue weighted by molar-refractivity contribution is 7.89. The number of anilines is 1. The molecule has 28 heavy (non-hydrogen) atoms. The number of rotatable bonds is 8. The van der Waals surface area contributed by atoms with Crippen molar-refractivity contribution in [3.05, 3.63) is 54.1 Å². The first-order valence-electron chi connectivity index (χ1n) is 8.51. The van der Waals surface area contributed by atoms with E-state index in [1.54, 1.807) is 38.1 Å². The Kier molecular flexibility index (Phi) is 6.94. The monoisotopic (exact) mass is 425 g/mol. The van der Waals surface area contributed by atoms with E-state index in [1.807, 2.05) is 0 Å². The van der Waals surface area contributed by atoms with Crippen molar-refractivity contribution in [2.45, 2.75) is 23.6 Å². The first-order chi connectivity index (χ1) is 13.1. The average molecular weight is 426 g/mol. The Morgan fingerprint density at radius 3 is 2.21 bits per heavy atom. The SMILES string of the molecule is CCN(CC(=O)Nc1cc(S(=O)(=O)NC)ccc1C)S(=O)(=O)c1ccccc1. The lowest BCUT2D eigenvalue weighted by Crippen LogP contribution is -2.37. The number of hydrogen-bond donors (Lipinski definition) is 2. The summed E-state index contributed by atoms with van der Waals surface area (Å²) in [6.07, 6.45) is 0. The minimum absolute atomic E-state index is 0.000143. The molecule has 0 aliphatic heterocycles. The second-order valence-corrected chi connectivity index (χ2v) is 9.80. The molecule has 0 fully saturated rings. The molecule has 0 atom stereocenters. The van der Waals surface area contributed by atoms with E-state index in [1.165, 1.54) is 31.3 Å². The predicted octanol–water partition coefficient (Wildman–Crippen LogP) is 1.55. The van der Waals surface area contributed by atoms with Crippen LogP contribution in [0.25, 0.3) is 0 Å². The summed E-state index contributed by atoms with van der Waals surface area (Å²) in [5.41, 5.74) is 0.951. The molecule has 0 heterocycles. The van der Waals surface area contributed by atoms with Gasteiger partial charge >= 0.3 is 0 Å². The zero-order valence-corrected chi connectivity index (χ0v) is 17.5. The van der Waals surface area contributed by atoms with Crippen molar-refractivity contribution < 1.29 is 21.6 Å². The van der Waals surface area contributed by atoms with Gasteiger partial charge in [-0.05, 0) is 43.8 Å². The van der Waals surface area contributed by atoms with Crippen LogP contribution in [0.1, 0.15) is 12.5 Å². The second kappa shape index (κ2) is 8.82. The molecule has 0 saturated heterocycles. The first-order valence-corrected chi connectivity index (χ1v) is 11.4. The van der Waals surface area contributed by atoms with Gasteiger partial charge in [-0.15, -0.1) is 0 Å². The van der Waals surface area contributed by atoms with Crippen molar-refractivity contribution in [2.75, 3.05) is 25.5 Å². The number of hydrogen-bond acceptors (Lipinski definition) is 5. The van der Waals surface area contributed by atoms with Crippen molar-refractivity contribution in [3.63, 3.8) is 0 Å². The molecular weight excluding hydrogens is 402 g/mol. The van der Waals surface area contributed by atoms with Crippen LogP contribution in [0.2, 0.25) is 0 Å². The van der Waals surface area contributed by atoms with Crippen LogP contribution in [-0.2, 0) is 24.8 Å². The maximum atomic E-state index is 12.7. The van der Waals surface area contributed by atoms with Crippen molar-refractivity contribution in [3.8, 4) is 0 Å². The highest BCUT2D eigenvalue weighted by atomic mass is 32.2. The Hall–Kier alpha value is -2.27. The molecule has 0 aliphatic rings. The van der Waals surface area contributed by atoms with Crippen LogP contribution in [0.5, 0.6) is 0 Å². The molecule has 10 heteroatoms. The number of benzene rings is 2. The number of sulfonamides is 2. The van der Waals surface area contributed by atoms with Gasteiger partial charge in [0.2, 0.25) is 26.0 Å². The molecule has 0 saturated carbocycles. The number of nitrogens with zero attached hydrogens (tertiary/aromatic N) is 1. The van der Waals surface area contributed by atoms with Crippen LogP contribution in [-0.4, -0.2) is 47.2 Å².